The van der Waals surface area contributed by atoms with Crippen molar-refractivity contribution >= 4 is 17.3 Å². The molecule has 1 N–H and O–H groups in total. The van der Waals surface area contributed by atoms with E-state index in [-0.39, 0.29) is 5.91 Å². The predicted molar refractivity (Wildman–Crippen MR) is 111 cm³/mol. The smallest absolute Gasteiger partial charge is 0.278 e. The largest absolute Gasteiger partial charge is 0.497 e. The highest BCUT2D eigenvalue weighted by Crippen LogP contribution is 2.34. The third kappa shape index (κ3) is 3.65. The average Bonchev–Trinajstić information content (AvgIpc) is 3.24. The summed E-state index contributed by atoms with van der Waals surface area (Å²) in [5.41, 5.74) is 3.95. The zero-order chi connectivity index (χ0) is 20.2. The molecule has 146 valence electrons. The summed E-state index contributed by atoms with van der Waals surface area (Å²) in [5.74, 6) is 1.38. The molecule has 0 atom stereocenters. The Labute approximate surface area is 169 Å². The molecule has 6 nitrogen and oxygen atoms in total. The summed E-state index contributed by atoms with van der Waals surface area (Å²) in [6.07, 6.45) is 1.62. The van der Waals surface area contributed by atoms with Crippen LogP contribution >= 0.6 is 0 Å². The van der Waals surface area contributed by atoms with Crippen molar-refractivity contribution in [1.82, 2.24) is 15.2 Å². The maximum absolute atomic E-state index is 13.2. The van der Waals surface area contributed by atoms with E-state index in [1.165, 1.54) is 0 Å². The second-order valence-corrected chi connectivity index (χ2v) is 6.46. The number of pyridine rings is 1. The molecule has 0 saturated heterocycles. The molecular weight excluding hydrogens is 366 g/mol. The minimum atomic E-state index is -0.160. The lowest BCUT2D eigenvalue weighted by atomic mass is 10.0. The minimum absolute atomic E-state index is 0.160. The van der Waals surface area contributed by atoms with Crippen LogP contribution in [0.3, 0.4) is 0 Å². The number of amides is 1. The number of benzene rings is 2. The molecule has 29 heavy (non-hydrogen) atoms. The molecule has 0 unspecified atom stereocenters. The van der Waals surface area contributed by atoms with Gasteiger partial charge in [0, 0.05) is 17.3 Å². The number of methoxy groups -OCH3 is 2. The topological polar surface area (TPSA) is 63.7 Å². The standard InChI is InChI=1S/C23H21N3O3/c1-28-18-10-6-16(7-11-18)21-22(17-8-12-19(29-2)13-9-17)26(15-25-21)23(27)20-5-3-4-14-24-20/h3-14,25H,15H2,1-2H3. The summed E-state index contributed by atoms with van der Waals surface area (Å²) in [7, 11) is 3.27. The second-order valence-electron chi connectivity index (χ2n) is 6.46. The summed E-state index contributed by atoms with van der Waals surface area (Å²) >= 11 is 0. The van der Waals surface area contributed by atoms with Crippen LogP contribution in [-0.2, 0) is 0 Å². The molecule has 0 bridgehead atoms. The minimum Gasteiger partial charge on any atom is -0.497 e. The van der Waals surface area contributed by atoms with Crippen molar-refractivity contribution < 1.29 is 14.3 Å². The van der Waals surface area contributed by atoms with Crippen LogP contribution in [0, 0.1) is 0 Å². The van der Waals surface area contributed by atoms with Gasteiger partial charge in [0.05, 0.1) is 32.3 Å². The number of carbonyl (C=O) groups is 1. The molecule has 0 spiro atoms. The van der Waals surface area contributed by atoms with Crippen LogP contribution in [0.15, 0.2) is 72.9 Å². The fourth-order valence-corrected chi connectivity index (χ4v) is 3.30. The first kappa shape index (κ1) is 18.6. The third-order valence-corrected chi connectivity index (χ3v) is 4.79. The van der Waals surface area contributed by atoms with Crippen LogP contribution in [0.5, 0.6) is 11.5 Å². The number of nitrogens with one attached hydrogen (secondary N) is 1. The lowest BCUT2D eigenvalue weighted by molar-refractivity contribution is 0.0834. The third-order valence-electron chi connectivity index (χ3n) is 4.79. The first-order valence-corrected chi connectivity index (χ1v) is 9.21. The molecular formula is C23H21N3O3. The van der Waals surface area contributed by atoms with Gasteiger partial charge in [-0.05, 0) is 60.7 Å². The summed E-state index contributed by atoms with van der Waals surface area (Å²) in [4.78, 5) is 19.1. The van der Waals surface area contributed by atoms with Crippen LogP contribution in [-0.4, -0.2) is 36.7 Å². The molecule has 2 aromatic carbocycles. The Morgan fingerprint density at radius 1 is 0.897 bits per heavy atom. The van der Waals surface area contributed by atoms with Gasteiger partial charge in [0.1, 0.15) is 17.2 Å². The fraction of sp³-hybridized carbons (Fsp3) is 0.130. The Kier molecular flexibility index (Phi) is 5.16. The number of rotatable bonds is 5. The van der Waals surface area contributed by atoms with Gasteiger partial charge < -0.3 is 14.8 Å². The van der Waals surface area contributed by atoms with Gasteiger partial charge in [0.25, 0.3) is 5.91 Å². The average molecular weight is 387 g/mol. The number of nitrogens with zero attached hydrogens (tertiary/aromatic N) is 2. The Balaban J connectivity index is 1.80. The van der Waals surface area contributed by atoms with Crippen molar-refractivity contribution in [3.63, 3.8) is 0 Å². The van der Waals surface area contributed by atoms with Gasteiger partial charge in [-0.25, -0.2) is 0 Å². The normalized spacial score (nSPS) is 13.2. The molecule has 6 heteroatoms. The maximum atomic E-state index is 13.2. The Morgan fingerprint density at radius 3 is 2.07 bits per heavy atom. The SMILES string of the molecule is COc1ccc(C2=C(c3ccc(OC)cc3)N(C(=O)c3ccccn3)CN2)cc1. The zero-order valence-electron chi connectivity index (χ0n) is 16.3. The summed E-state index contributed by atoms with van der Waals surface area (Å²) in [6.45, 7) is 0.359. The highest BCUT2D eigenvalue weighted by atomic mass is 16.5. The molecule has 1 aliphatic rings. The number of ether oxygens (including phenoxy) is 2. The summed E-state index contributed by atoms with van der Waals surface area (Å²) in [6, 6.07) is 20.7. The van der Waals surface area contributed by atoms with Crippen molar-refractivity contribution in [3.05, 3.63) is 89.7 Å². The first-order valence-electron chi connectivity index (χ1n) is 9.21. The zero-order valence-corrected chi connectivity index (χ0v) is 16.3. The van der Waals surface area contributed by atoms with Gasteiger partial charge in [-0.2, -0.15) is 0 Å². The van der Waals surface area contributed by atoms with Crippen molar-refractivity contribution in [2.75, 3.05) is 20.9 Å². The van der Waals surface area contributed by atoms with Gasteiger partial charge >= 0.3 is 0 Å². The number of hydrogen-bond acceptors (Lipinski definition) is 5. The van der Waals surface area contributed by atoms with E-state index < -0.39 is 0 Å². The quantitative estimate of drug-likeness (QED) is 0.724. The Morgan fingerprint density at radius 2 is 1.52 bits per heavy atom. The van der Waals surface area contributed by atoms with Gasteiger partial charge in [-0.3, -0.25) is 14.7 Å². The molecule has 1 aliphatic heterocycles. The molecule has 0 fully saturated rings. The van der Waals surface area contributed by atoms with Gasteiger partial charge in [0.15, 0.2) is 0 Å². The fourth-order valence-electron chi connectivity index (χ4n) is 3.30. The highest BCUT2D eigenvalue weighted by Gasteiger charge is 2.30. The van der Waals surface area contributed by atoms with E-state index in [1.807, 2.05) is 54.6 Å². The molecule has 0 radical (unpaired) electrons. The van der Waals surface area contributed by atoms with E-state index in [4.69, 9.17) is 9.47 Å². The monoisotopic (exact) mass is 387 g/mol. The van der Waals surface area contributed by atoms with E-state index in [0.29, 0.717) is 12.4 Å². The molecule has 4 rings (SSSR count). The van der Waals surface area contributed by atoms with E-state index in [9.17, 15) is 4.79 Å². The van der Waals surface area contributed by atoms with E-state index in [0.717, 1.165) is 34.0 Å². The second kappa shape index (κ2) is 8.06. The van der Waals surface area contributed by atoms with Crippen molar-refractivity contribution in [1.29, 1.82) is 0 Å². The predicted octanol–water partition coefficient (Wildman–Crippen LogP) is 3.63. The van der Waals surface area contributed by atoms with Crippen LogP contribution in [0.1, 0.15) is 21.6 Å². The van der Waals surface area contributed by atoms with Crippen molar-refractivity contribution in [3.8, 4) is 11.5 Å². The van der Waals surface area contributed by atoms with Gasteiger partial charge in [-0.15, -0.1) is 0 Å². The van der Waals surface area contributed by atoms with Crippen molar-refractivity contribution in [2.45, 2.75) is 0 Å². The molecule has 2 heterocycles. The lowest BCUT2D eigenvalue weighted by Crippen LogP contribution is -2.30. The van der Waals surface area contributed by atoms with Crippen LogP contribution < -0.4 is 14.8 Å². The highest BCUT2D eigenvalue weighted by molar-refractivity contribution is 6.04. The van der Waals surface area contributed by atoms with Crippen LogP contribution in [0.4, 0.5) is 0 Å². The first-order chi connectivity index (χ1) is 14.2. The molecule has 3 aromatic rings. The van der Waals surface area contributed by atoms with E-state index in [2.05, 4.69) is 10.3 Å². The van der Waals surface area contributed by atoms with E-state index in [1.54, 1.807) is 37.4 Å². The number of aromatic nitrogens is 1. The molecule has 0 aliphatic carbocycles. The van der Waals surface area contributed by atoms with Crippen LogP contribution in [0.2, 0.25) is 0 Å². The van der Waals surface area contributed by atoms with E-state index >= 15 is 0 Å². The van der Waals surface area contributed by atoms with Crippen molar-refractivity contribution in [2.24, 2.45) is 0 Å². The van der Waals surface area contributed by atoms with Gasteiger partial charge in [0.2, 0.25) is 0 Å². The number of hydrogen-bond donors (Lipinski definition) is 1. The lowest BCUT2D eigenvalue weighted by Gasteiger charge is -2.19. The summed E-state index contributed by atoms with van der Waals surface area (Å²) < 4.78 is 10.5. The van der Waals surface area contributed by atoms with Crippen LogP contribution in [0.25, 0.3) is 11.4 Å². The summed E-state index contributed by atoms with van der Waals surface area (Å²) in [5, 5.41) is 3.37. The number of carbonyl (C=O) groups excluding carboxylic acids is 1. The van der Waals surface area contributed by atoms with Gasteiger partial charge in [-0.1, -0.05) is 6.07 Å². The molecule has 1 amide bonds. The Bertz CT molecular complexity index is 1030. The molecule has 0 saturated carbocycles. The maximum Gasteiger partial charge on any atom is 0.278 e. The molecule has 1 aromatic heterocycles. The Hall–Kier alpha value is -3.80.